The highest BCUT2D eigenvalue weighted by atomic mass is 79.9. The number of halogens is 2. The number of pyridine rings is 1. The zero-order valence-corrected chi connectivity index (χ0v) is 13.2. The summed E-state index contributed by atoms with van der Waals surface area (Å²) in [7, 11) is 0. The summed E-state index contributed by atoms with van der Waals surface area (Å²) in [6.07, 6.45) is 1.71. The molecule has 100 valence electrons. The van der Waals surface area contributed by atoms with Crippen molar-refractivity contribution in [3.05, 3.63) is 52.3 Å². The van der Waals surface area contributed by atoms with Crippen LogP contribution < -0.4 is 4.74 Å². The monoisotopic (exact) mass is 339 g/mol. The molecule has 4 heteroatoms. The molecule has 0 aliphatic carbocycles. The van der Waals surface area contributed by atoms with Gasteiger partial charge in [-0.05, 0) is 35.7 Å². The summed E-state index contributed by atoms with van der Waals surface area (Å²) in [6, 6.07) is 9.73. The summed E-state index contributed by atoms with van der Waals surface area (Å²) in [4.78, 5) is 4.15. The van der Waals surface area contributed by atoms with Crippen LogP contribution in [0.1, 0.15) is 31.0 Å². The number of ether oxygens (including phenoxy) is 1. The lowest BCUT2D eigenvalue weighted by Gasteiger charge is -2.14. The van der Waals surface area contributed by atoms with E-state index in [9.17, 15) is 0 Å². The molecule has 0 aliphatic heterocycles. The number of rotatable bonds is 4. The van der Waals surface area contributed by atoms with Crippen LogP contribution in [0.25, 0.3) is 0 Å². The molecule has 0 aliphatic rings. The fraction of sp³-hybridized carbons (Fsp3) is 0.267. The molecule has 0 radical (unpaired) electrons. The van der Waals surface area contributed by atoms with Crippen molar-refractivity contribution in [1.29, 1.82) is 0 Å². The number of benzene rings is 1. The minimum atomic E-state index is 0.384. The topological polar surface area (TPSA) is 22.1 Å². The van der Waals surface area contributed by atoms with Crippen molar-refractivity contribution in [2.24, 2.45) is 0 Å². The first kappa shape index (κ1) is 14.4. The van der Waals surface area contributed by atoms with Crippen LogP contribution in [0.3, 0.4) is 0 Å². The molecule has 0 fully saturated rings. The van der Waals surface area contributed by atoms with E-state index in [0.717, 1.165) is 21.7 Å². The Morgan fingerprint density at radius 1 is 1.26 bits per heavy atom. The van der Waals surface area contributed by atoms with Crippen LogP contribution in [-0.2, 0) is 5.88 Å². The minimum Gasteiger partial charge on any atom is -0.457 e. The lowest BCUT2D eigenvalue weighted by molar-refractivity contribution is 0.471. The molecule has 0 unspecified atom stereocenters. The van der Waals surface area contributed by atoms with Gasteiger partial charge in [0.1, 0.15) is 11.5 Å². The van der Waals surface area contributed by atoms with E-state index in [0.29, 0.717) is 11.8 Å². The molecule has 2 rings (SSSR count). The van der Waals surface area contributed by atoms with Crippen LogP contribution in [-0.4, -0.2) is 4.98 Å². The first-order valence-electron chi connectivity index (χ1n) is 6.08. The van der Waals surface area contributed by atoms with Crippen molar-refractivity contribution in [3.8, 4) is 11.5 Å². The Kier molecular flexibility index (Phi) is 4.83. The zero-order chi connectivity index (χ0) is 13.8. The fourth-order valence-corrected chi connectivity index (χ4v) is 2.31. The van der Waals surface area contributed by atoms with Crippen molar-refractivity contribution in [2.45, 2.75) is 25.6 Å². The van der Waals surface area contributed by atoms with Gasteiger partial charge in [0.15, 0.2) is 0 Å². The molecule has 0 atom stereocenters. The standard InChI is InChI=1S/C15H15BrClNO/c1-10(2)14-7-11(16)3-4-15(14)19-13-5-6-18-12(8-13)9-17/h3-8,10H,9H2,1-2H3. The van der Waals surface area contributed by atoms with Crippen LogP contribution in [0.4, 0.5) is 0 Å². The van der Waals surface area contributed by atoms with Gasteiger partial charge in [-0.2, -0.15) is 0 Å². The van der Waals surface area contributed by atoms with Gasteiger partial charge in [-0.15, -0.1) is 11.6 Å². The molecule has 0 bridgehead atoms. The van der Waals surface area contributed by atoms with E-state index in [1.807, 2.05) is 24.3 Å². The normalized spacial score (nSPS) is 10.8. The second kappa shape index (κ2) is 6.40. The number of nitrogens with zero attached hydrogens (tertiary/aromatic N) is 1. The lowest BCUT2D eigenvalue weighted by atomic mass is 10.0. The second-order valence-corrected chi connectivity index (χ2v) is 5.74. The van der Waals surface area contributed by atoms with Crippen LogP contribution in [0.15, 0.2) is 41.0 Å². The maximum atomic E-state index is 5.95. The Hall–Kier alpha value is -1.06. The SMILES string of the molecule is CC(C)c1cc(Br)ccc1Oc1ccnc(CCl)c1. The molecule has 1 heterocycles. The van der Waals surface area contributed by atoms with Crippen LogP contribution in [0, 0.1) is 0 Å². The van der Waals surface area contributed by atoms with Gasteiger partial charge in [-0.1, -0.05) is 29.8 Å². The van der Waals surface area contributed by atoms with Gasteiger partial charge in [-0.25, -0.2) is 0 Å². The Balaban J connectivity index is 2.32. The van der Waals surface area contributed by atoms with E-state index < -0.39 is 0 Å². The molecule has 0 amide bonds. The molecule has 1 aromatic carbocycles. The summed E-state index contributed by atoms with van der Waals surface area (Å²) < 4.78 is 7.00. The molecular weight excluding hydrogens is 326 g/mol. The van der Waals surface area contributed by atoms with Gasteiger partial charge >= 0.3 is 0 Å². The first-order chi connectivity index (χ1) is 9.10. The zero-order valence-electron chi connectivity index (χ0n) is 10.9. The number of hydrogen-bond acceptors (Lipinski definition) is 2. The van der Waals surface area contributed by atoms with Gasteiger partial charge in [-0.3, -0.25) is 4.98 Å². The maximum absolute atomic E-state index is 5.95. The van der Waals surface area contributed by atoms with E-state index in [-0.39, 0.29) is 0 Å². The fourth-order valence-electron chi connectivity index (χ4n) is 1.78. The van der Waals surface area contributed by atoms with Crippen LogP contribution >= 0.6 is 27.5 Å². The average molecular weight is 341 g/mol. The van der Waals surface area contributed by atoms with Crippen molar-refractivity contribution in [3.63, 3.8) is 0 Å². The third kappa shape index (κ3) is 3.71. The summed E-state index contributed by atoms with van der Waals surface area (Å²) in [5, 5.41) is 0. The molecule has 0 N–H and O–H groups in total. The number of alkyl halides is 1. The third-order valence-corrected chi connectivity index (χ3v) is 3.51. The molecule has 0 saturated heterocycles. The highest BCUT2D eigenvalue weighted by Crippen LogP contribution is 2.32. The number of aromatic nitrogens is 1. The average Bonchev–Trinajstić information content (AvgIpc) is 2.41. The second-order valence-electron chi connectivity index (χ2n) is 4.56. The summed E-state index contributed by atoms with van der Waals surface area (Å²) in [6.45, 7) is 4.29. The van der Waals surface area contributed by atoms with Crippen molar-refractivity contribution in [1.82, 2.24) is 4.98 Å². The Morgan fingerprint density at radius 2 is 2.05 bits per heavy atom. The largest absolute Gasteiger partial charge is 0.457 e. The van der Waals surface area contributed by atoms with Crippen LogP contribution in [0.5, 0.6) is 11.5 Å². The van der Waals surface area contributed by atoms with Gasteiger partial charge in [0, 0.05) is 16.7 Å². The van der Waals surface area contributed by atoms with Gasteiger partial charge < -0.3 is 4.74 Å². The van der Waals surface area contributed by atoms with Gasteiger partial charge in [0.25, 0.3) is 0 Å². The molecule has 2 aromatic rings. The molecule has 0 spiro atoms. The first-order valence-corrected chi connectivity index (χ1v) is 7.41. The highest BCUT2D eigenvalue weighted by molar-refractivity contribution is 9.10. The molecular formula is C15H15BrClNO. The highest BCUT2D eigenvalue weighted by Gasteiger charge is 2.10. The van der Waals surface area contributed by atoms with E-state index in [1.54, 1.807) is 6.20 Å². The number of hydrogen-bond donors (Lipinski definition) is 0. The quantitative estimate of drug-likeness (QED) is 0.686. The lowest BCUT2D eigenvalue weighted by Crippen LogP contribution is -1.95. The van der Waals surface area contributed by atoms with Gasteiger partial charge in [0.2, 0.25) is 0 Å². The molecule has 19 heavy (non-hydrogen) atoms. The van der Waals surface area contributed by atoms with Crippen LogP contribution in [0.2, 0.25) is 0 Å². The van der Waals surface area contributed by atoms with Crippen molar-refractivity contribution >= 4 is 27.5 Å². The summed E-state index contributed by atoms with van der Waals surface area (Å²) in [5.41, 5.74) is 1.97. The Morgan fingerprint density at radius 3 is 2.74 bits per heavy atom. The predicted molar refractivity (Wildman–Crippen MR) is 82.1 cm³/mol. The van der Waals surface area contributed by atoms with Crippen molar-refractivity contribution < 1.29 is 4.74 Å². The predicted octanol–water partition coefficient (Wildman–Crippen LogP) is 5.50. The van der Waals surface area contributed by atoms with Crippen molar-refractivity contribution in [2.75, 3.05) is 0 Å². The smallest absolute Gasteiger partial charge is 0.130 e. The maximum Gasteiger partial charge on any atom is 0.130 e. The Bertz CT molecular complexity index is 572. The minimum absolute atomic E-state index is 0.384. The van der Waals surface area contributed by atoms with Gasteiger partial charge in [0.05, 0.1) is 11.6 Å². The molecule has 2 nitrogen and oxygen atoms in total. The van der Waals surface area contributed by atoms with E-state index in [1.165, 1.54) is 5.56 Å². The molecule has 0 saturated carbocycles. The molecule has 1 aromatic heterocycles. The van der Waals surface area contributed by atoms with E-state index in [2.05, 4.69) is 40.8 Å². The third-order valence-electron chi connectivity index (χ3n) is 2.75. The van der Waals surface area contributed by atoms with E-state index >= 15 is 0 Å². The summed E-state index contributed by atoms with van der Waals surface area (Å²) >= 11 is 9.27. The summed E-state index contributed by atoms with van der Waals surface area (Å²) in [5.74, 6) is 2.40. The van der Waals surface area contributed by atoms with E-state index in [4.69, 9.17) is 16.3 Å². The Labute approximate surface area is 126 Å².